The van der Waals surface area contributed by atoms with Gasteiger partial charge >= 0.3 is 0 Å². The summed E-state index contributed by atoms with van der Waals surface area (Å²) in [6.07, 6.45) is 3.31. The van der Waals surface area contributed by atoms with Crippen LogP contribution in [0.25, 0.3) is 10.9 Å². The van der Waals surface area contributed by atoms with Gasteiger partial charge in [-0.05, 0) is 56.3 Å². The molecule has 35 heavy (non-hydrogen) atoms. The number of sulfonamides is 1. The monoisotopic (exact) mass is 490 g/mol. The number of nitrogens with zero attached hydrogens (tertiary/aromatic N) is 2. The number of ether oxygens (including phenoxy) is 1. The summed E-state index contributed by atoms with van der Waals surface area (Å²) in [4.78, 5) is 15.9. The standard InChI is InChI=1S/C26H26N4O4S/c1-3-34-22-12-14-23(15-13-22)35(32,33)30(21-10-8-19(2)9-11-21)18-26(31)29-28-17-20-16-27-25-7-5-4-6-24(20)25/h4-17,27H,3,18H2,1-2H3,(H,29,31)/b28-17+. The Morgan fingerprint density at radius 3 is 2.49 bits per heavy atom. The minimum Gasteiger partial charge on any atom is -0.494 e. The van der Waals surface area contributed by atoms with Gasteiger partial charge in [0.1, 0.15) is 12.3 Å². The van der Waals surface area contributed by atoms with Crippen LogP contribution >= 0.6 is 0 Å². The van der Waals surface area contributed by atoms with Crippen LogP contribution in [0.1, 0.15) is 18.1 Å². The van der Waals surface area contributed by atoms with E-state index in [0.29, 0.717) is 18.0 Å². The Morgan fingerprint density at radius 2 is 1.77 bits per heavy atom. The largest absolute Gasteiger partial charge is 0.494 e. The lowest BCUT2D eigenvalue weighted by molar-refractivity contribution is -0.119. The number of carbonyl (C=O) groups excluding carboxylic acids is 1. The first-order valence-corrected chi connectivity index (χ1v) is 12.5. The Hall–Kier alpha value is -4.11. The van der Waals surface area contributed by atoms with Gasteiger partial charge in [-0.3, -0.25) is 9.10 Å². The predicted molar refractivity (Wildman–Crippen MR) is 137 cm³/mol. The van der Waals surface area contributed by atoms with Crippen LogP contribution < -0.4 is 14.5 Å². The second-order valence-corrected chi connectivity index (χ2v) is 9.70. The van der Waals surface area contributed by atoms with Crippen LogP contribution in [-0.4, -0.2) is 38.7 Å². The number of amides is 1. The van der Waals surface area contributed by atoms with Gasteiger partial charge in [-0.1, -0.05) is 35.9 Å². The Morgan fingerprint density at radius 1 is 1.06 bits per heavy atom. The molecule has 0 saturated heterocycles. The van der Waals surface area contributed by atoms with E-state index in [9.17, 15) is 13.2 Å². The summed E-state index contributed by atoms with van der Waals surface area (Å²) in [5.41, 5.74) is 5.54. The van der Waals surface area contributed by atoms with Crippen LogP contribution in [0.2, 0.25) is 0 Å². The van der Waals surface area contributed by atoms with Crippen LogP contribution in [0, 0.1) is 6.92 Å². The summed E-state index contributed by atoms with van der Waals surface area (Å²) in [7, 11) is -4.03. The molecule has 1 heterocycles. The van der Waals surface area contributed by atoms with E-state index in [1.54, 1.807) is 42.6 Å². The number of benzene rings is 3. The van der Waals surface area contributed by atoms with E-state index >= 15 is 0 Å². The molecule has 0 saturated carbocycles. The number of carbonyl (C=O) groups is 1. The van der Waals surface area contributed by atoms with Gasteiger partial charge in [0.15, 0.2) is 0 Å². The maximum Gasteiger partial charge on any atom is 0.264 e. The average Bonchev–Trinajstić information content (AvgIpc) is 3.27. The second kappa shape index (κ2) is 10.4. The van der Waals surface area contributed by atoms with E-state index in [0.717, 1.165) is 26.3 Å². The average molecular weight is 491 g/mol. The Balaban J connectivity index is 1.55. The molecule has 4 aromatic rings. The molecule has 0 spiro atoms. The summed E-state index contributed by atoms with van der Waals surface area (Å²) in [5.74, 6) is -0.00567. The fourth-order valence-corrected chi connectivity index (χ4v) is 4.99. The van der Waals surface area contributed by atoms with Crippen molar-refractivity contribution < 1.29 is 17.9 Å². The molecule has 0 bridgehead atoms. The molecular formula is C26H26N4O4S. The van der Waals surface area contributed by atoms with Crippen LogP contribution in [0.4, 0.5) is 5.69 Å². The maximum absolute atomic E-state index is 13.5. The first kappa shape index (κ1) is 24.0. The molecule has 0 atom stereocenters. The smallest absolute Gasteiger partial charge is 0.264 e. The molecule has 9 heteroatoms. The fraction of sp³-hybridized carbons (Fsp3) is 0.154. The Bertz CT molecular complexity index is 1440. The zero-order valence-corrected chi connectivity index (χ0v) is 20.2. The van der Waals surface area contributed by atoms with E-state index in [4.69, 9.17) is 4.74 Å². The molecule has 0 aliphatic carbocycles. The molecule has 0 aliphatic rings. The van der Waals surface area contributed by atoms with Gasteiger partial charge in [-0.15, -0.1) is 0 Å². The van der Waals surface area contributed by atoms with Gasteiger partial charge in [-0.25, -0.2) is 13.8 Å². The number of rotatable bonds is 9. The summed E-state index contributed by atoms with van der Waals surface area (Å²) in [6, 6.07) is 20.8. The van der Waals surface area contributed by atoms with Crippen LogP contribution in [0.15, 0.2) is 89.0 Å². The number of nitrogens with one attached hydrogen (secondary N) is 2. The first-order valence-electron chi connectivity index (χ1n) is 11.1. The molecule has 4 rings (SSSR count). The third-order valence-corrected chi connectivity index (χ3v) is 7.13. The topological polar surface area (TPSA) is 104 Å². The van der Waals surface area contributed by atoms with Crippen LogP contribution in [0.5, 0.6) is 5.75 Å². The number of aromatic amines is 1. The molecular weight excluding hydrogens is 464 g/mol. The van der Waals surface area contributed by atoms with Crippen molar-refractivity contribution in [3.05, 3.63) is 90.1 Å². The minimum absolute atomic E-state index is 0.0524. The second-order valence-electron chi connectivity index (χ2n) is 7.83. The fourth-order valence-electron chi connectivity index (χ4n) is 3.57. The number of hydrazone groups is 1. The molecule has 3 aromatic carbocycles. The highest BCUT2D eigenvalue weighted by Crippen LogP contribution is 2.25. The quantitative estimate of drug-likeness (QED) is 0.271. The number of hydrogen-bond donors (Lipinski definition) is 2. The highest BCUT2D eigenvalue weighted by Gasteiger charge is 2.27. The van der Waals surface area contributed by atoms with Crippen molar-refractivity contribution in [2.75, 3.05) is 17.5 Å². The van der Waals surface area contributed by atoms with Crippen molar-refractivity contribution in [1.29, 1.82) is 0 Å². The molecule has 0 unspecified atom stereocenters. The van der Waals surface area contributed by atoms with Crippen molar-refractivity contribution in [1.82, 2.24) is 10.4 Å². The normalized spacial score (nSPS) is 11.6. The lowest BCUT2D eigenvalue weighted by Gasteiger charge is -2.24. The zero-order chi connectivity index (χ0) is 24.8. The van der Waals surface area contributed by atoms with Crippen LogP contribution in [-0.2, 0) is 14.8 Å². The number of aromatic nitrogens is 1. The van der Waals surface area contributed by atoms with E-state index in [1.165, 1.54) is 18.3 Å². The number of fused-ring (bicyclic) bond motifs is 1. The molecule has 0 aliphatic heterocycles. The van der Waals surface area contributed by atoms with Crippen molar-refractivity contribution in [2.45, 2.75) is 18.7 Å². The van der Waals surface area contributed by atoms with E-state index in [2.05, 4.69) is 15.5 Å². The van der Waals surface area contributed by atoms with E-state index in [1.807, 2.05) is 38.1 Å². The van der Waals surface area contributed by atoms with Gasteiger partial charge in [-0.2, -0.15) is 5.10 Å². The Labute approximate surface area is 204 Å². The third-order valence-electron chi connectivity index (χ3n) is 5.35. The van der Waals surface area contributed by atoms with E-state index in [-0.39, 0.29) is 4.90 Å². The van der Waals surface area contributed by atoms with Gasteiger partial charge in [0, 0.05) is 22.7 Å². The van der Waals surface area contributed by atoms with Crippen molar-refractivity contribution >= 4 is 38.7 Å². The number of para-hydroxylation sites is 1. The number of anilines is 1. The molecule has 8 nitrogen and oxygen atoms in total. The van der Waals surface area contributed by atoms with Gasteiger partial charge in [0.05, 0.1) is 23.4 Å². The van der Waals surface area contributed by atoms with Gasteiger partial charge in [0.25, 0.3) is 15.9 Å². The van der Waals surface area contributed by atoms with Crippen molar-refractivity contribution in [3.63, 3.8) is 0 Å². The number of aryl methyl sites for hydroxylation is 1. The maximum atomic E-state index is 13.5. The molecule has 180 valence electrons. The van der Waals surface area contributed by atoms with Crippen molar-refractivity contribution in [3.8, 4) is 5.75 Å². The summed E-state index contributed by atoms with van der Waals surface area (Å²) >= 11 is 0. The zero-order valence-electron chi connectivity index (χ0n) is 19.4. The van der Waals surface area contributed by atoms with Gasteiger partial charge in [0.2, 0.25) is 0 Å². The lowest BCUT2D eigenvalue weighted by Crippen LogP contribution is -2.39. The summed E-state index contributed by atoms with van der Waals surface area (Å²) in [5, 5.41) is 4.99. The van der Waals surface area contributed by atoms with Gasteiger partial charge < -0.3 is 9.72 Å². The SMILES string of the molecule is CCOc1ccc(S(=O)(=O)N(CC(=O)N/N=C/c2c[nH]c3ccccc23)c2ccc(C)cc2)cc1. The highest BCUT2D eigenvalue weighted by atomic mass is 32.2. The molecule has 0 radical (unpaired) electrons. The summed E-state index contributed by atoms with van der Waals surface area (Å²) in [6.45, 7) is 3.79. The van der Waals surface area contributed by atoms with Crippen LogP contribution in [0.3, 0.4) is 0 Å². The highest BCUT2D eigenvalue weighted by molar-refractivity contribution is 7.92. The molecule has 2 N–H and O–H groups in total. The molecule has 1 amide bonds. The minimum atomic E-state index is -4.03. The molecule has 0 fully saturated rings. The third kappa shape index (κ3) is 5.52. The van der Waals surface area contributed by atoms with E-state index < -0.39 is 22.5 Å². The predicted octanol–water partition coefficient (Wildman–Crippen LogP) is 4.22. The lowest BCUT2D eigenvalue weighted by atomic mass is 10.2. The molecule has 1 aromatic heterocycles. The van der Waals surface area contributed by atoms with Crippen molar-refractivity contribution in [2.24, 2.45) is 5.10 Å². The first-order chi connectivity index (χ1) is 16.9. The summed E-state index contributed by atoms with van der Waals surface area (Å²) < 4.78 is 33.5. The Kier molecular flexibility index (Phi) is 7.17. The number of H-pyrrole nitrogens is 1. The number of hydrogen-bond acceptors (Lipinski definition) is 5.